The van der Waals surface area contributed by atoms with Gasteiger partial charge in [0.2, 0.25) is 0 Å². The molecule has 12 aromatic rings. The van der Waals surface area contributed by atoms with Crippen molar-refractivity contribution in [3.05, 3.63) is 287 Å². The van der Waals surface area contributed by atoms with E-state index in [0.717, 1.165) is 104 Å². The second kappa shape index (κ2) is 23.5. The summed E-state index contributed by atoms with van der Waals surface area (Å²) >= 11 is 3.75. The number of aldehydes is 2. The Labute approximate surface area is 495 Å². The Bertz CT molecular complexity index is 4090. The molecule has 0 spiro atoms. The molecule has 0 aliphatic heterocycles. The minimum Gasteiger partial charge on any atom is -0.310 e. The SMILES string of the molecule is Cc1cccc(N(c2ccccc2)c2ccc3sc(-c4ccc5c(c4)C(CCCCc4ccc(C=O)cc4)(CCCCc4cccc(C=O)c4)c4cc(-c6cc7cc(N(c8ccccc8)c8cccc(C)c8)ccc7s6)ccc4-5)cc3c2)c1. The van der Waals surface area contributed by atoms with Gasteiger partial charge in [0.05, 0.1) is 0 Å². The quantitative estimate of drug-likeness (QED) is 0.0563. The number of fused-ring (bicyclic) bond motifs is 5. The molecule has 13 rings (SSSR count). The van der Waals surface area contributed by atoms with Crippen LogP contribution in [0.2, 0.25) is 0 Å². The summed E-state index contributed by atoms with van der Waals surface area (Å²) in [6.45, 7) is 4.31. The molecule has 0 bridgehead atoms. The lowest BCUT2D eigenvalue weighted by atomic mass is 9.70. The summed E-state index contributed by atoms with van der Waals surface area (Å²) in [5.41, 5.74) is 20.9. The molecule has 406 valence electrons. The maximum atomic E-state index is 11.8. The van der Waals surface area contributed by atoms with Crippen LogP contribution in [0.1, 0.15) is 92.6 Å². The number of carbonyl (C=O) groups excluding carboxylic acids is 2. The molecule has 0 amide bonds. The predicted molar refractivity (Wildman–Crippen MR) is 352 cm³/mol. The van der Waals surface area contributed by atoms with Crippen molar-refractivity contribution in [2.75, 3.05) is 9.80 Å². The first kappa shape index (κ1) is 53.4. The van der Waals surface area contributed by atoms with E-state index in [9.17, 15) is 9.59 Å². The van der Waals surface area contributed by atoms with Gasteiger partial charge in [0.1, 0.15) is 12.6 Å². The zero-order chi connectivity index (χ0) is 56.3. The van der Waals surface area contributed by atoms with Crippen molar-refractivity contribution in [2.24, 2.45) is 0 Å². The van der Waals surface area contributed by atoms with E-state index < -0.39 is 0 Å². The summed E-state index contributed by atoms with van der Waals surface area (Å²) in [5, 5.41) is 2.46. The number of aryl methyl sites for hydroxylation is 4. The highest BCUT2D eigenvalue weighted by atomic mass is 32.1. The first-order valence-corrected chi connectivity index (χ1v) is 30.7. The fraction of sp³-hybridized carbons (Fsp3) is 0.143. The van der Waals surface area contributed by atoms with Gasteiger partial charge in [-0.05, 0) is 234 Å². The number of rotatable bonds is 20. The summed E-state index contributed by atoms with van der Waals surface area (Å²) in [5.74, 6) is 0. The van der Waals surface area contributed by atoms with E-state index in [1.807, 2.05) is 46.9 Å². The van der Waals surface area contributed by atoms with Crippen LogP contribution in [-0.4, -0.2) is 12.6 Å². The molecule has 0 atom stereocenters. The average Bonchev–Trinajstić information content (AvgIpc) is 3.24. The molecule has 0 fully saturated rings. The van der Waals surface area contributed by atoms with Crippen molar-refractivity contribution in [1.29, 1.82) is 0 Å². The monoisotopic (exact) mass is 1110 g/mol. The Balaban J connectivity index is 0.899. The maximum Gasteiger partial charge on any atom is 0.150 e. The molecule has 2 aromatic heterocycles. The number of thiophene rings is 2. The fourth-order valence-electron chi connectivity index (χ4n) is 12.8. The Kier molecular flexibility index (Phi) is 15.1. The van der Waals surface area contributed by atoms with Gasteiger partial charge in [0.15, 0.2) is 0 Å². The van der Waals surface area contributed by atoms with Crippen LogP contribution in [0.25, 0.3) is 52.2 Å². The van der Waals surface area contributed by atoms with Crippen LogP contribution < -0.4 is 9.80 Å². The smallest absolute Gasteiger partial charge is 0.150 e. The summed E-state index contributed by atoms with van der Waals surface area (Å²) in [6, 6.07) is 88.4. The Hall–Kier alpha value is -8.94. The van der Waals surface area contributed by atoms with E-state index in [4.69, 9.17) is 0 Å². The van der Waals surface area contributed by atoms with Gasteiger partial charge in [0.25, 0.3) is 0 Å². The van der Waals surface area contributed by atoms with Crippen molar-refractivity contribution in [3.63, 3.8) is 0 Å². The van der Waals surface area contributed by atoms with Crippen molar-refractivity contribution in [1.82, 2.24) is 0 Å². The van der Waals surface area contributed by atoms with Crippen LogP contribution in [0.15, 0.2) is 243 Å². The molecular weight excluding hydrogens is 1050 g/mol. The number of carbonyl (C=O) groups is 2. The molecule has 0 radical (unpaired) electrons. The van der Waals surface area contributed by atoms with Crippen molar-refractivity contribution < 1.29 is 9.59 Å². The standard InChI is InChI=1S/C77H64N2O2S2/c1-53-16-13-26-65(42-53)78(63-22-5-3-6-23-63)67-34-38-73-61(45-67)49-75(82-73)59-32-36-69-70-37-33-60(76-50-62-46-68(35-39-74(62)83-76)79(64-24-7-4-8-25-64)66-27-14-17-54(2)43-66)48-72(70)77(71(69)47-59,40-11-9-18-55-28-30-57(51-80)31-29-55)41-12-10-19-56-20-15-21-58(44-56)52-81/h3-8,13-17,20-39,42-52H,9-12,18-19,40-41H2,1-2H3. The van der Waals surface area contributed by atoms with Crippen LogP contribution >= 0.6 is 22.7 Å². The highest BCUT2D eigenvalue weighted by molar-refractivity contribution is 7.22. The highest BCUT2D eigenvalue weighted by Crippen LogP contribution is 2.57. The van der Waals surface area contributed by atoms with Crippen molar-refractivity contribution >= 4 is 89.5 Å². The van der Waals surface area contributed by atoms with E-state index in [-0.39, 0.29) is 5.41 Å². The number of nitrogens with zero attached hydrogens (tertiary/aromatic N) is 2. The lowest BCUT2D eigenvalue weighted by Gasteiger charge is -2.33. The lowest BCUT2D eigenvalue weighted by molar-refractivity contribution is 0.111. The van der Waals surface area contributed by atoms with E-state index in [0.29, 0.717) is 5.56 Å². The topological polar surface area (TPSA) is 40.6 Å². The molecule has 0 N–H and O–H groups in total. The number of anilines is 6. The van der Waals surface area contributed by atoms with Crippen LogP contribution in [-0.2, 0) is 18.3 Å². The summed E-state index contributed by atoms with van der Waals surface area (Å²) in [7, 11) is 0. The number of unbranched alkanes of at least 4 members (excludes halogenated alkanes) is 2. The number of hydrogen-bond donors (Lipinski definition) is 0. The predicted octanol–water partition coefficient (Wildman–Crippen LogP) is 21.7. The molecular formula is C77H64N2O2S2. The third kappa shape index (κ3) is 11.0. The zero-order valence-corrected chi connectivity index (χ0v) is 48.6. The zero-order valence-electron chi connectivity index (χ0n) is 46.9. The lowest BCUT2D eigenvalue weighted by Crippen LogP contribution is -2.26. The fourth-order valence-corrected chi connectivity index (χ4v) is 14.8. The first-order valence-electron chi connectivity index (χ1n) is 29.1. The molecule has 6 heteroatoms. The molecule has 1 aliphatic carbocycles. The summed E-state index contributed by atoms with van der Waals surface area (Å²) < 4.78 is 2.53. The van der Waals surface area contributed by atoms with Gasteiger partial charge in [-0.2, -0.15) is 0 Å². The number of hydrogen-bond acceptors (Lipinski definition) is 6. The molecule has 0 saturated carbocycles. The normalized spacial score (nSPS) is 12.3. The minimum atomic E-state index is -0.260. The molecule has 4 nitrogen and oxygen atoms in total. The van der Waals surface area contributed by atoms with Gasteiger partial charge in [-0.1, -0.05) is 140 Å². The molecule has 0 saturated heterocycles. The van der Waals surface area contributed by atoms with Crippen LogP contribution in [0.5, 0.6) is 0 Å². The third-order valence-electron chi connectivity index (χ3n) is 16.8. The van der Waals surface area contributed by atoms with E-state index >= 15 is 0 Å². The van der Waals surface area contributed by atoms with Gasteiger partial charge in [0, 0.05) is 69.8 Å². The molecule has 0 unspecified atom stereocenters. The molecule has 83 heavy (non-hydrogen) atoms. The van der Waals surface area contributed by atoms with Crippen LogP contribution in [0.4, 0.5) is 34.1 Å². The molecule has 2 heterocycles. The summed E-state index contributed by atoms with van der Waals surface area (Å²) in [4.78, 5) is 30.7. The Morgan fingerprint density at radius 3 is 1.34 bits per heavy atom. The molecule has 1 aliphatic rings. The van der Waals surface area contributed by atoms with E-state index in [1.54, 1.807) is 0 Å². The van der Waals surface area contributed by atoms with E-state index in [2.05, 4.69) is 242 Å². The van der Waals surface area contributed by atoms with Crippen LogP contribution in [0, 0.1) is 13.8 Å². The molecule has 10 aromatic carbocycles. The van der Waals surface area contributed by atoms with Crippen molar-refractivity contribution in [2.45, 2.75) is 70.6 Å². The maximum absolute atomic E-state index is 11.8. The average molecular weight is 1110 g/mol. The van der Waals surface area contributed by atoms with Gasteiger partial charge >= 0.3 is 0 Å². The van der Waals surface area contributed by atoms with Crippen molar-refractivity contribution in [3.8, 4) is 32.0 Å². The van der Waals surface area contributed by atoms with Gasteiger partial charge in [-0.3, -0.25) is 9.59 Å². The largest absolute Gasteiger partial charge is 0.310 e. The summed E-state index contributed by atoms with van der Waals surface area (Å²) in [6.07, 6.45) is 9.86. The Morgan fingerprint density at radius 2 is 0.843 bits per heavy atom. The third-order valence-corrected chi connectivity index (χ3v) is 19.2. The van der Waals surface area contributed by atoms with Crippen LogP contribution in [0.3, 0.4) is 0 Å². The van der Waals surface area contributed by atoms with E-state index in [1.165, 1.54) is 85.6 Å². The van der Waals surface area contributed by atoms with Gasteiger partial charge in [-0.15, -0.1) is 22.7 Å². The second-order valence-corrected chi connectivity index (χ2v) is 24.6. The minimum absolute atomic E-state index is 0.260. The highest BCUT2D eigenvalue weighted by Gasteiger charge is 2.43. The van der Waals surface area contributed by atoms with Gasteiger partial charge in [-0.25, -0.2) is 0 Å². The second-order valence-electron chi connectivity index (χ2n) is 22.4. The Morgan fingerprint density at radius 1 is 0.373 bits per heavy atom. The van der Waals surface area contributed by atoms with Gasteiger partial charge < -0.3 is 9.80 Å². The number of benzene rings is 10. The first-order chi connectivity index (χ1) is 40.8. The number of para-hydroxylation sites is 2.